The molecule has 0 unspecified atom stereocenters. The molecule has 2 aromatic heterocycles. The number of thiazole rings is 1. The van der Waals surface area contributed by atoms with Crippen LogP contribution in [0.3, 0.4) is 0 Å². The van der Waals surface area contributed by atoms with E-state index in [4.69, 9.17) is 4.74 Å². The number of ketones is 1. The maximum Gasteiger partial charge on any atom is 0.226 e. The summed E-state index contributed by atoms with van der Waals surface area (Å²) >= 11 is 2.87. The van der Waals surface area contributed by atoms with Crippen LogP contribution in [0.15, 0.2) is 35.7 Å². The van der Waals surface area contributed by atoms with E-state index >= 15 is 0 Å². The number of nitrogens with zero attached hydrogens (tertiary/aromatic N) is 2. The summed E-state index contributed by atoms with van der Waals surface area (Å²) in [6.07, 6.45) is 0.371. The lowest BCUT2D eigenvalue weighted by molar-refractivity contribution is -0.116. The number of rotatable bonds is 7. The van der Waals surface area contributed by atoms with Gasteiger partial charge in [-0.1, -0.05) is 23.5 Å². The number of carbonyl (C=O) groups is 2. The normalized spacial score (nSPS) is 15.0. The Labute approximate surface area is 171 Å². The molecular formula is C20H21N3O3S2. The fraction of sp³-hybridized carbons (Fsp3) is 0.350. The van der Waals surface area contributed by atoms with E-state index in [1.54, 1.807) is 6.07 Å². The molecule has 4 rings (SSSR count). The first kappa shape index (κ1) is 19.2. The second-order valence-electron chi connectivity index (χ2n) is 6.66. The van der Waals surface area contributed by atoms with Gasteiger partial charge < -0.3 is 10.1 Å². The molecule has 1 aliphatic heterocycles. The van der Waals surface area contributed by atoms with Gasteiger partial charge in [0.05, 0.1) is 28.3 Å². The zero-order valence-corrected chi connectivity index (χ0v) is 17.0. The Morgan fingerprint density at radius 1 is 1.18 bits per heavy atom. The standard InChI is InChI=1S/C20H21N3O3S2/c24-16(17-2-1-11-27-17)5-6-19(25)22-20-21-15-4-3-14(12-18(15)28-20)13-23-7-9-26-10-8-23/h1-4,11-12H,5-10,13H2,(H,21,22,25). The maximum absolute atomic E-state index is 12.2. The van der Waals surface area contributed by atoms with E-state index in [1.807, 2.05) is 17.5 Å². The fourth-order valence-corrected chi connectivity index (χ4v) is 4.75. The summed E-state index contributed by atoms with van der Waals surface area (Å²) in [4.78, 5) is 31.7. The molecule has 8 heteroatoms. The van der Waals surface area contributed by atoms with E-state index in [1.165, 1.54) is 28.2 Å². The first-order valence-electron chi connectivity index (χ1n) is 9.23. The number of hydrogen-bond acceptors (Lipinski definition) is 7. The molecule has 0 spiro atoms. The summed E-state index contributed by atoms with van der Waals surface area (Å²) in [6, 6.07) is 9.85. The van der Waals surface area contributed by atoms with E-state index in [0.29, 0.717) is 10.0 Å². The number of nitrogens with one attached hydrogen (secondary N) is 1. The van der Waals surface area contributed by atoms with E-state index < -0.39 is 0 Å². The van der Waals surface area contributed by atoms with Crippen molar-refractivity contribution in [2.24, 2.45) is 0 Å². The molecule has 0 bridgehead atoms. The number of anilines is 1. The monoisotopic (exact) mass is 415 g/mol. The van der Waals surface area contributed by atoms with Gasteiger partial charge >= 0.3 is 0 Å². The summed E-state index contributed by atoms with van der Waals surface area (Å²) in [5.74, 6) is -0.181. The highest BCUT2D eigenvalue weighted by Crippen LogP contribution is 2.27. The van der Waals surface area contributed by atoms with Gasteiger partial charge in [0.15, 0.2) is 10.9 Å². The van der Waals surface area contributed by atoms with Crippen LogP contribution in [0.25, 0.3) is 10.2 Å². The highest BCUT2D eigenvalue weighted by molar-refractivity contribution is 7.22. The summed E-state index contributed by atoms with van der Waals surface area (Å²) in [5.41, 5.74) is 2.11. The third-order valence-corrected chi connectivity index (χ3v) is 6.43. The summed E-state index contributed by atoms with van der Waals surface area (Å²) in [7, 11) is 0. The van der Waals surface area contributed by atoms with E-state index in [-0.39, 0.29) is 24.5 Å². The fourth-order valence-electron chi connectivity index (χ4n) is 3.11. The topological polar surface area (TPSA) is 71.5 Å². The number of fused-ring (bicyclic) bond motifs is 1. The summed E-state index contributed by atoms with van der Waals surface area (Å²) in [6.45, 7) is 4.37. The molecule has 0 saturated carbocycles. The summed E-state index contributed by atoms with van der Waals surface area (Å²) in [5, 5.41) is 5.26. The van der Waals surface area contributed by atoms with Crippen molar-refractivity contribution in [1.29, 1.82) is 0 Å². The first-order valence-corrected chi connectivity index (χ1v) is 10.9. The second kappa shape index (κ2) is 8.91. The number of morpholine rings is 1. The lowest BCUT2D eigenvalue weighted by Crippen LogP contribution is -2.35. The predicted molar refractivity (Wildman–Crippen MR) is 112 cm³/mol. The molecule has 3 heterocycles. The third-order valence-electron chi connectivity index (χ3n) is 4.58. The largest absolute Gasteiger partial charge is 0.379 e. The number of amides is 1. The number of ether oxygens (including phenoxy) is 1. The molecule has 1 aromatic carbocycles. The van der Waals surface area contributed by atoms with E-state index in [0.717, 1.165) is 43.1 Å². The van der Waals surface area contributed by atoms with Crippen LogP contribution < -0.4 is 5.32 Å². The van der Waals surface area contributed by atoms with Crippen LogP contribution in [0.2, 0.25) is 0 Å². The number of aromatic nitrogens is 1. The Morgan fingerprint density at radius 2 is 2.04 bits per heavy atom. The maximum atomic E-state index is 12.2. The van der Waals surface area contributed by atoms with Crippen molar-refractivity contribution in [3.63, 3.8) is 0 Å². The number of hydrogen-bond donors (Lipinski definition) is 1. The Morgan fingerprint density at radius 3 is 2.82 bits per heavy atom. The van der Waals surface area contributed by atoms with Crippen LogP contribution in [0.1, 0.15) is 28.1 Å². The third kappa shape index (κ3) is 4.82. The van der Waals surface area contributed by atoms with Crippen molar-refractivity contribution in [3.05, 3.63) is 46.2 Å². The van der Waals surface area contributed by atoms with Crippen LogP contribution >= 0.6 is 22.7 Å². The van der Waals surface area contributed by atoms with Gasteiger partial charge in [0.2, 0.25) is 5.91 Å². The molecule has 1 saturated heterocycles. The van der Waals surface area contributed by atoms with Gasteiger partial charge in [-0.15, -0.1) is 11.3 Å². The molecule has 1 amide bonds. The van der Waals surface area contributed by atoms with Gasteiger partial charge in [0, 0.05) is 32.5 Å². The highest BCUT2D eigenvalue weighted by atomic mass is 32.1. The smallest absolute Gasteiger partial charge is 0.226 e. The van der Waals surface area contributed by atoms with Crippen molar-refractivity contribution in [1.82, 2.24) is 9.88 Å². The average Bonchev–Trinajstić information content (AvgIpc) is 3.36. The second-order valence-corrected chi connectivity index (χ2v) is 8.64. The summed E-state index contributed by atoms with van der Waals surface area (Å²) < 4.78 is 6.44. The Hall–Kier alpha value is -2.13. The Balaban J connectivity index is 1.34. The van der Waals surface area contributed by atoms with Gasteiger partial charge in [0.1, 0.15) is 0 Å². The van der Waals surface area contributed by atoms with E-state index in [2.05, 4.69) is 27.3 Å². The SMILES string of the molecule is O=C(CCC(=O)c1cccs1)Nc1nc2ccc(CN3CCOCC3)cc2s1. The molecule has 1 aliphatic rings. The molecule has 3 aromatic rings. The zero-order chi connectivity index (χ0) is 19.3. The van der Waals surface area contributed by atoms with Crippen LogP contribution in [-0.2, 0) is 16.1 Å². The minimum Gasteiger partial charge on any atom is -0.379 e. The van der Waals surface area contributed by atoms with Crippen molar-refractivity contribution in [2.75, 3.05) is 31.6 Å². The predicted octanol–water partition coefficient (Wildman–Crippen LogP) is 3.79. The van der Waals surface area contributed by atoms with Crippen LogP contribution in [-0.4, -0.2) is 47.9 Å². The number of Topliss-reactive ketones (excluding diaryl/α,β-unsaturated/α-hetero) is 1. The molecule has 0 aliphatic carbocycles. The number of benzene rings is 1. The molecule has 0 atom stereocenters. The van der Waals surface area contributed by atoms with Crippen molar-refractivity contribution >= 4 is 49.7 Å². The van der Waals surface area contributed by atoms with Gasteiger partial charge in [0.25, 0.3) is 0 Å². The van der Waals surface area contributed by atoms with Crippen LogP contribution in [0, 0.1) is 0 Å². The zero-order valence-electron chi connectivity index (χ0n) is 15.3. The molecular weight excluding hydrogens is 394 g/mol. The lowest BCUT2D eigenvalue weighted by Gasteiger charge is -2.26. The average molecular weight is 416 g/mol. The van der Waals surface area contributed by atoms with Crippen molar-refractivity contribution in [3.8, 4) is 0 Å². The van der Waals surface area contributed by atoms with Gasteiger partial charge in [-0.2, -0.15) is 0 Å². The Bertz CT molecular complexity index is 962. The van der Waals surface area contributed by atoms with Crippen molar-refractivity contribution < 1.29 is 14.3 Å². The molecule has 28 heavy (non-hydrogen) atoms. The van der Waals surface area contributed by atoms with Gasteiger partial charge in [-0.25, -0.2) is 4.98 Å². The molecule has 6 nitrogen and oxygen atoms in total. The minimum absolute atomic E-state index is 0.00204. The Kier molecular flexibility index (Phi) is 6.11. The molecule has 1 fully saturated rings. The van der Waals surface area contributed by atoms with Crippen LogP contribution in [0.5, 0.6) is 0 Å². The highest BCUT2D eigenvalue weighted by Gasteiger charge is 2.14. The molecule has 146 valence electrons. The number of thiophene rings is 1. The van der Waals surface area contributed by atoms with E-state index in [9.17, 15) is 9.59 Å². The molecule has 0 radical (unpaired) electrons. The van der Waals surface area contributed by atoms with Crippen LogP contribution in [0.4, 0.5) is 5.13 Å². The quantitative estimate of drug-likeness (QED) is 0.595. The van der Waals surface area contributed by atoms with Crippen molar-refractivity contribution in [2.45, 2.75) is 19.4 Å². The minimum atomic E-state index is -0.183. The lowest BCUT2D eigenvalue weighted by atomic mass is 10.2. The molecule has 1 N–H and O–H groups in total. The van der Waals surface area contributed by atoms with Gasteiger partial charge in [-0.05, 0) is 29.1 Å². The first-order chi connectivity index (χ1) is 13.7. The van der Waals surface area contributed by atoms with Gasteiger partial charge in [-0.3, -0.25) is 14.5 Å². The number of carbonyl (C=O) groups excluding carboxylic acids is 2.